The number of likely N-dealkylation sites (tertiary alicyclic amines) is 1. The zero-order valence-electron chi connectivity index (χ0n) is 17.9. The predicted octanol–water partition coefficient (Wildman–Crippen LogP) is 2.31. The largest absolute Gasteiger partial charge is 0.385 e. The average molecular weight is 397 g/mol. The molecule has 162 valence electrons. The van der Waals surface area contributed by atoms with Crippen molar-refractivity contribution < 1.29 is 14.3 Å². The van der Waals surface area contributed by atoms with Gasteiger partial charge in [-0.05, 0) is 39.0 Å². The number of carbonyl (C=O) groups excluding carboxylic acids is 1. The molecule has 28 heavy (non-hydrogen) atoms. The number of aliphatic imine (C=N–C) groups is 1. The predicted molar refractivity (Wildman–Crippen MR) is 113 cm³/mol. The van der Waals surface area contributed by atoms with E-state index in [0.29, 0.717) is 25.1 Å². The summed E-state index contributed by atoms with van der Waals surface area (Å²) in [6, 6.07) is 0.376. The van der Waals surface area contributed by atoms with Crippen molar-refractivity contribution in [1.29, 1.82) is 0 Å². The van der Waals surface area contributed by atoms with Crippen LogP contribution in [-0.2, 0) is 14.3 Å². The van der Waals surface area contributed by atoms with Crippen LogP contribution in [0.25, 0.3) is 0 Å². The molecule has 0 spiro atoms. The number of nitrogens with zero attached hydrogens (tertiary/aromatic N) is 2. The Hall–Kier alpha value is -1.34. The number of hydrogen-bond donors (Lipinski definition) is 2. The van der Waals surface area contributed by atoms with Gasteiger partial charge >= 0.3 is 0 Å². The number of nitrogens with one attached hydrogen (secondary N) is 2. The highest BCUT2D eigenvalue weighted by Crippen LogP contribution is 2.17. The third-order valence-electron chi connectivity index (χ3n) is 5.49. The minimum Gasteiger partial charge on any atom is -0.385 e. The molecule has 0 atom stereocenters. The van der Waals surface area contributed by atoms with E-state index >= 15 is 0 Å². The highest BCUT2D eigenvalue weighted by Gasteiger charge is 2.22. The lowest BCUT2D eigenvalue weighted by atomic mass is 9.95. The van der Waals surface area contributed by atoms with Crippen molar-refractivity contribution in [3.05, 3.63) is 0 Å². The molecule has 2 N–H and O–H groups in total. The molecule has 0 aromatic rings. The molecule has 1 heterocycles. The van der Waals surface area contributed by atoms with E-state index in [1.807, 2.05) is 0 Å². The number of piperidine rings is 1. The fraction of sp³-hybridized carbons (Fsp3) is 0.905. The third kappa shape index (κ3) is 8.78. The number of rotatable bonds is 10. The van der Waals surface area contributed by atoms with E-state index in [-0.39, 0.29) is 5.91 Å². The first-order valence-corrected chi connectivity index (χ1v) is 11.2. The minimum absolute atomic E-state index is 0.134. The molecule has 0 unspecified atom stereocenters. The monoisotopic (exact) mass is 396 g/mol. The smallest absolute Gasteiger partial charge is 0.222 e. The number of methoxy groups -OCH3 is 1. The molecule has 2 aliphatic rings. The summed E-state index contributed by atoms with van der Waals surface area (Å²) in [7, 11) is 1.72. The zero-order valence-corrected chi connectivity index (χ0v) is 17.9. The minimum atomic E-state index is 0.134. The molecule has 7 nitrogen and oxygen atoms in total. The van der Waals surface area contributed by atoms with Crippen LogP contribution < -0.4 is 10.6 Å². The molecule has 1 aliphatic heterocycles. The molecule has 0 bridgehead atoms. The second-order valence-corrected chi connectivity index (χ2v) is 7.79. The van der Waals surface area contributed by atoms with Gasteiger partial charge in [0.2, 0.25) is 5.91 Å². The van der Waals surface area contributed by atoms with E-state index in [1.165, 1.54) is 19.3 Å². The molecular formula is C21H40N4O3. The van der Waals surface area contributed by atoms with Gasteiger partial charge in [-0.1, -0.05) is 19.3 Å². The second kappa shape index (κ2) is 13.8. The molecule has 2 rings (SSSR count). The quantitative estimate of drug-likeness (QED) is 0.337. The Kier molecular flexibility index (Phi) is 11.3. The van der Waals surface area contributed by atoms with Crippen LogP contribution in [0.4, 0.5) is 0 Å². The standard InChI is InChI=1S/C21H40N4O3/c1-3-22-21(23-13-10-20(26)24-18-8-5-4-6-9-18)25-14-11-19(12-15-25)28-17-7-16-27-2/h18-19H,3-17H2,1-2H3,(H,22,23)(H,24,26). The van der Waals surface area contributed by atoms with E-state index in [0.717, 1.165) is 70.9 Å². The first-order valence-electron chi connectivity index (χ1n) is 11.2. The number of guanidine groups is 1. The summed E-state index contributed by atoms with van der Waals surface area (Å²) in [5.74, 6) is 1.06. The fourth-order valence-electron chi connectivity index (χ4n) is 3.92. The molecular weight excluding hydrogens is 356 g/mol. The van der Waals surface area contributed by atoms with E-state index in [1.54, 1.807) is 7.11 Å². The SMILES string of the molecule is CCNC(=NCCC(=O)NC1CCCCC1)N1CCC(OCCCOC)CC1. The maximum absolute atomic E-state index is 12.2. The van der Waals surface area contributed by atoms with Crippen molar-refractivity contribution in [2.24, 2.45) is 4.99 Å². The molecule has 1 saturated carbocycles. The van der Waals surface area contributed by atoms with Gasteiger partial charge in [-0.3, -0.25) is 9.79 Å². The fourth-order valence-corrected chi connectivity index (χ4v) is 3.92. The topological polar surface area (TPSA) is 75.2 Å². The summed E-state index contributed by atoms with van der Waals surface area (Å²) in [5, 5.41) is 6.54. The van der Waals surface area contributed by atoms with Gasteiger partial charge < -0.3 is 25.0 Å². The molecule has 0 aromatic carbocycles. The number of ether oxygens (including phenoxy) is 2. The molecule has 1 saturated heterocycles. The van der Waals surface area contributed by atoms with Crippen molar-refractivity contribution in [1.82, 2.24) is 15.5 Å². The van der Waals surface area contributed by atoms with Crippen LogP contribution in [0.15, 0.2) is 4.99 Å². The van der Waals surface area contributed by atoms with Crippen LogP contribution in [-0.4, -0.2) is 75.4 Å². The van der Waals surface area contributed by atoms with Crippen LogP contribution >= 0.6 is 0 Å². The molecule has 1 amide bonds. The van der Waals surface area contributed by atoms with Gasteiger partial charge in [0, 0.05) is 52.4 Å². The molecule has 0 radical (unpaired) electrons. The normalized spacial score (nSPS) is 19.6. The van der Waals surface area contributed by atoms with Crippen molar-refractivity contribution in [3.8, 4) is 0 Å². The van der Waals surface area contributed by atoms with Crippen molar-refractivity contribution in [2.75, 3.05) is 46.5 Å². The Bertz CT molecular complexity index is 459. The van der Waals surface area contributed by atoms with E-state index < -0.39 is 0 Å². The summed E-state index contributed by atoms with van der Waals surface area (Å²) in [6.07, 6.45) is 9.79. The number of carbonyl (C=O) groups is 1. The summed E-state index contributed by atoms with van der Waals surface area (Å²) >= 11 is 0. The van der Waals surface area contributed by atoms with Gasteiger partial charge in [0.15, 0.2) is 5.96 Å². The highest BCUT2D eigenvalue weighted by atomic mass is 16.5. The van der Waals surface area contributed by atoms with Gasteiger partial charge in [-0.25, -0.2) is 0 Å². The third-order valence-corrected chi connectivity index (χ3v) is 5.49. The van der Waals surface area contributed by atoms with Gasteiger partial charge in [0.1, 0.15) is 0 Å². The molecule has 1 aliphatic carbocycles. The summed E-state index contributed by atoms with van der Waals surface area (Å²) in [4.78, 5) is 19.2. The number of amides is 1. The van der Waals surface area contributed by atoms with Gasteiger partial charge in [-0.2, -0.15) is 0 Å². The van der Waals surface area contributed by atoms with Gasteiger partial charge in [0.25, 0.3) is 0 Å². The van der Waals surface area contributed by atoms with Crippen LogP contribution in [0.2, 0.25) is 0 Å². The Labute approximate surface area is 170 Å². The molecule has 0 aromatic heterocycles. The van der Waals surface area contributed by atoms with E-state index in [2.05, 4.69) is 22.5 Å². The van der Waals surface area contributed by atoms with Crippen molar-refractivity contribution >= 4 is 11.9 Å². The first-order chi connectivity index (χ1) is 13.7. The lowest BCUT2D eigenvalue weighted by Crippen LogP contribution is -2.47. The van der Waals surface area contributed by atoms with Gasteiger partial charge in [-0.15, -0.1) is 0 Å². The second-order valence-electron chi connectivity index (χ2n) is 7.79. The Morgan fingerprint density at radius 1 is 1.11 bits per heavy atom. The maximum atomic E-state index is 12.2. The lowest BCUT2D eigenvalue weighted by Gasteiger charge is -2.34. The Morgan fingerprint density at radius 3 is 2.54 bits per heavy atom. The number of hydrogen-bond acceptors (Lipinski definition) is 4. The van der Waals surface area contributed by atoms with Crippen LogP contribution in [0.1, 0.15) is 64.7 Å². The Morgan fingerprint density at radius 2 is 1.86 bits per heavy atom. The summed E-state index contributed by atoms with van der Waals surface area (Å²) in [5.41, 5.74) is 0. The molecule has 2 fully saturated rings. The van der Waals surface area contributed by atoms with Crippen molar-refractivity contribution in [2.45, 2.75) is 76.9 Å². The lowest BCUT2D eigenvalue weighted by molar-refractivity contribution is -0.121. The average Bonchev–Trinajstić information content (AvgIpc) is 2.72. The van der Waals surface area contributed by atoms with E-state index in [4.69, 9.17) is 14.5 Å². The molecule has 7 heteroatoms. The van der Waals surface area contributed by atoms with Gasteiger partial charge in [0.05, 0.1) is 12.6 Å². The van der Waals surface area contributed by atoms with Crippen LogP contribution in [0.3, 0.4) is 0 Å². The first kappa shape index (κ1) is 22.9. The van der Waals surface area contributed by atoms with Crippen LogP contribution in [0, 0.1) is 0 Å². The highest BCUT2D eigenvalue weighted by molar-refractivity contribution is 5.81. The van der Waals surface area contributed by atoms with Crippen molar-refractivity contribution in [3.63, 3.8) is 0 Å². The van der Waals surface area contributed by atoms with Crippen LogP contribution in [0.5, 0.6) is 0 Å². The Balaban J connectivity index is 1.69. The zero-order chi connectivity index (χ0) is 20.0. The van der Waals surface area contributed by atoms with E-state index in [9.17, 15) is 4.79 Å². The maximum Gasteiger partial charge on any atom is 0.222 e. The summed E-state index contributed by atoms with van der Waals surface area (Å²) < 4.78 is 11.0. The summed E-state index contributed by atoms with van der Waals surface area (Å²) in [6.45, 7) is 6.85.